The molecule has 4 rings (SSSR count). The zero-order chi connectivity index (χ0) is 19.7. The number of nitrogens with two attached hydrogens (primary N) is 2. The molecule has 0 aliphatic rings. The molecule has 6 nitrogen and oxygen atoms in total. The SMILES string of the molecule is Nc1ccc(C(=O)Oc2ccc3c(=O)cc(-c4ccc(N)cc4)oc3c2)cc1. The number of fused-ring (bicyclic) bond motifs is 1. The molecular formula is C22H16N2O4. The minimum atomic E-state index is -0.531. The lowest BCUT2D eigenvalue weighted by Crippen LogP contribution is -2.09. The first-order valence-electron chi connectivity index (χ1n) is 8.51. The number of carbonyl (C=O) groups excluding carboxylic acids is 1. The number of nitrogen functional groups attached to an aromatic ring is 2. The molecule has 0 amide bonds. The fraction of sp³-hybridized carbons (Fsp3) is 0. The molecule has 1 aromatic heterocycles. The second kappa shape index (κ2) is 6.92. The molecule has 0 saturated heterocycles. The number of esters is 1. The van der Waals surface area contributed by atoms with Crippen LogP contribution in [-0.2, 0) is 0 Å². The second-order valence-corrected chi connectivity index (χ2v) is 6.27. The third-order valence-electron chi connectivity index (χ3n) is 4.25. The van der Waals surface area contributed by atoms with Crippen LogP contribution in [0.3, 0.4) is 0 Å². The predicted octanol–water partition coefficient (Wildman–Crippen LogP) is 3.84. The monoisotopic (exact) mass is 372 g/mol. The number of ether oxygens (including phenoxy) is 1. The van der Waals surface area contributed by atoms with Crippen molar-refractivity contribution in [1.29, 1.82) is 0 Å². The van der Waals surface area contributed by atoms with E-state index < -0.39 is 5.97 Å². The van der Waals surface area contributed by atoms with Crippen LogP contribution in [0.4, 0.5) is 11.4 Å². The van der Waals surface area contributed by atoms with E-state index in [4.69, 9.17) is 20.6 Å². The first-order valence-corrected chi connectivity index (χ1v) is 8.51. The Morgan fingerprint density at radius 2 is 1.46 bits per heavy atom. The molecular weight excluding hydrogens is 356 g/mol. The fourth-order valence-electron chi connectivity index (χ4n) is 2.77. The third kappa shape index (κ3) is 3.43. The van der Waals surface area contributed by atoms with E-state index in [1.807, 2.05) is 0 Å². The van der Waals surface area contributed by atoms with Crippen LogP contribution in [0.5, 0.6) is 5.75 Å². The molecule has 0 bridgehead atoms. The van der Waals surface area contributed by atoms with Gasteiger partial charge in [-0.05, 0) is 60.7 Å². The summed E-state index contributed by atoms with van der Waals surface area (Å²) in [6.45, 7) is 0. The molecule has 6 heteroatoms. The molecule has 138 valence electrons. The van der Waals surface area contributed by atoms with Crippen molar-refractivity contribution in [2.75, 3.05) is 11.5 Å². The van der Waals surface area contributed by atoms with Gasteiger partial charge in [-0.2, -0.15) is 0 Å². The highest BCUT2D eigenvalue weighted by molar-refractivity contribution is 5.92. The van der Waals surface area contributed by atoms with Gasteiger partial charge in [0.25, 0.3) is 0 Å². The lowest BCUT2D eigenvalue weighted by atomic mass is 10.1. The van der Waals surface area contributed by atoms with Gasteiger partial charge in [0.1, 0.15) is 17.1 Å². The summed E-state index contributed by atoms with van der Waals surface area (Å²) in [5.74, 6) is 0.142. The standard InChI is InChI=1S/C22H16N2O4/c23-15-5-1-13(2-6-15)20-12-19(25)18-10-9-17(11-21(18)28-20)27-22(26)14-3-7-16(24)8-4-14/h1-12H,23-24H2. The Balaban J connectivity index is 1.69. The van der Waals surface area contributed by atoms with E-state index in [-0.39, 0.29) is 11.2 Å². The molecule has 4 aromatic rings. The summed E-state index contributed by atoms with van der Waals surface area (Å²) in [5, 5.41) is 0.395. The van der Waals surface area contributed by atoms with Crippen LogP contribution < -0.4 is 21.6 Å². The van der Waals surface area contributed by atoms with Gasteiger partial charge in [0.05, 0.1) is 10.9 Å². The van der Waals surface area contributed by atoms with E-state index in [0.29, 0.717) is 33.7 Å². The fourth-order valence-corrected chi connectivity index (χ4v) is 2.77. The summed E-state index contributed by atoms with van der Waals surface area (Å²) < 4.78 is 11.3. The molecule has 0 radical (unpaired) electrons. The van der Waals surface area contributed by atoms with Crippen molar-refractivity contribution in [2.45, 2.75) is 0 Å². The van der Waals surface area contributed by atoms with Gasteiger partial charge < -0.3 is 20.6 Å². The molecule has 4 N–H and O–H groups in total. The van der Waals surface area contributed by atoms with Crippen LogP contribution in [0, 0.1) is 0 Å². The first kappa shape index (κ1) is 17.4. The maximum absolute atomic E-state index is 12.4. The van der Waals surface area contributed by atoms with Crippen LogP contribution in [0.15, 0.2) is 82.0 Å². The van der Waals surface area contributed by atoms with Crippen LogP contribution in [0.1, 0.15) is 10.4 Å². The number of benzene rings is 3. The maximum atomic E-state index is 12.4. The number of hydrogen-bond acceptors (Lipinski definition) is 6. The summed E-state index contributed by atoms with van der Waals surface area (Å²) in [5.41, 5.74) is 13.7. The lowest BCUT2D eigenvalue weighted by Gasteiger charge is -2.07. The van der Waals surface area contributed by atoms with Gasteiger partial charge in [-0.1, -0.05) is 0 Å². The molecule has 1 heterocycles. The normalized spacial score (nSPS) is 10.7. The smallest absolute Gasteiger partial charge is 0.343 e. The van der Waals surface area contributed by atoms with E-state index in [9.17, 15) is 9.59 Å². The Labute approximate surface area is 160 Å². The highest BCUT2D eigenvalue weighted by Gasteiger charge is 2.12. The van der Waals surface area contributed by atoms with Gasteiger partial charge in [-0.25, -0.2) is 4.79 Å². The first-order chi connectivity index (χ1) is 13.5. The Bertz CT molecular complexity index is 1230. The highest BCUT2D eigenvalue weighted by atomic mass is 16.5. The highest BCUT2D eigenvalue weighted by Crippen LogP contribution is 2.26. The minimum Gasteiger partial charge on any atom is -0.456 e. The molecule has 0 unspecified atom stereocenters. The molecule has 3 aromatic carbocycles. The van der Waals surface area contributed by atoms with E-state index in [0.717, 1.165) is 5.56 Å². The molecule has 0 aliphatic carbocycles. The molecule has 0 aliphatic heterocycles. The van der Waals surface area contributed by atoms with Crippen LogP contribution in [0.25, 0.3) is 22.3 Å². The molecule has 0 atom stereocenters. The summed E-state index contributed by atoms with van der Waals surface area (Å²) in [6, 6.07) is 19.5. The van der Waals surface area contributed by atoms with Crippen LogP contribution >= 0.6 is 0 Å². The van der Waals surface area contributed by atoms with Crippen molar-refractivity contribution in [3.8, 4) is 17.1 Å². The number of carbonyl (C=O) groups is 1. The maximum Gasteiger partial charge on any atom is 0.343 e. The van der Waals surface area contributed by atoms with Crippen molar-refractivity contribution in [3.63, 3.8) is 0 Å². The summed E-state index contributed by atoms with van der Waals surface area (Å²) in [6.07, 6.45) is 0. The van der Waals surface area contributed by atoms with Crippen LogP contribution in [0.2, 0.25) is 0 Å². The lowest BCUT2D eigenvalue weighted by molar-refractivity contribution is 0.0735. The summed E-state index contributed by atoms with van der Waals surface area (Å²) in [7, 11) is 0. The average molecular weight is 372 g/mol. The van der Waals surface area contributed by atoms with Crippen LogP contribution in [-0.4, -0.2) is 5.97 Å². The van der Waals surface area contributed by atoms with Crippen molar-refractivity contribution in [3.05, 3.63) is 88.6 Å². The molecule has 0 saturated carbocycles. The summed E-state index contributed by atoms with van der Waals surface area (Å²) >= 11 is 0. The van der Waals surface area contributed by atoms with Crippen molar-refractivity contribution < 1.29 is 13.9 Å². The Kier molecular flexibility index (Phi) is 4.29. The van der Waals surface area contributed by atoms with E-state index in [1.165, 1.54) is 12.1 Å². The van der Waals surface area contributed by atoms with Gasteiger partial charge in [-0.3, -0.25) is 4.79 Å². The quantitative estimate of drug-likeness (QED) is 0.321. The van der Waals surface area contributed by atoms with Gasteiger partial charge >= 0.3 is 5.97 Å². The molecule has 0 spiro atoms. The largest absolute Gasteiger partial charge is 0.456 e. The van der Waals surface area contributed by atoms with Gasteiger partial charge in [0.2, 0.25) is 0 Å². The van der Waals surface area contributed by atoms with Gasteiger partial charge in [-0.15, -0.1) is 0 Å². The van der Waals surface area contributed by atoms with Crippen molar-refractivity contribution in [2.24, 2.45) is 0 Å². The number of rotatable bonds is 3. The van der Waals surface area contributed by atoms with E-state index in [2.05, 4.69) is 0 Å². The van der Waals surface area contributed by atoms with Gasteiger partial charge in [0.15, 0.2) is 5.43 Å². The van der Waals surface area contributed by atoms with Crippen molar-refractivity contribution >= 4 is 28.3 Å². The Morgan fingerprint density at radius 3 is 2.14 bits per heavy atom. The van der Waals surface area contributed by atoms with Gasteiger partial charge in [0, 0.05) is 29.1 Å². The Morgan fingerprint density at radius 1 is 0.821 bits per heavy atom. The zero-order valence-corrected chi connectivity index (χ0v) is 14.7. The molecule has 0 fully saturated rings. The summed E-state index contributed by atoms with van der Waals surface area (Å²) in [4.78, 5) is 24.7. The Hall–Kier alpha value is -4.06. The van der Waals surface area contributed by atoms with E-state index >= 15 is 0 Å². The predicted molar refractivity (Wildman–Crippen MR) is 108 cm³/mol. The topological polar surface area (TPSA) is 109 Å². The second-order valence-electron chi connectivity index (χ2n) is 6.27. The van der Waals surface area contributed by atoms with E-state index in [1.54, 1.807) is 60.7 Å². The average Bonchev–Trinajstić information content (AvgIpc) is 2.68. The number of hydrogen-bond donors (Lipinski definition) is 2. The minimum absolute atomic E-state index is 0.190. The zero-order valence-electron chi connectivity index (χ0n) is 14.7. The van der Waals surface area contributed by atoms with Crippen molar-refractivity contribution in [1.82, 2.24) is 0 Å². The number of anilines is 2. The molecule has 28 heavy (non-hydrogen) atoms. The third-order valence-corrected chi connectivity index (χ3v) is 4.25.